The van der Waals surface area contributed by atoms with Gasteiger partial charge in [0.1, 0.15) is 0 Å². The third-order valence-electron chi connectivity index (χ3n) is 4.19. The average molecular weight is 180 g/mol. The SMILES string of the molecule is CN1CCC2(CC1)CC2NC1CC1. The van der Waals surface area contributed by atoms with E-state index in [2.05, 4.69) is 17.3 Å². The van der Waals surface area contributed by atoms with E-state index in [9.17, 15) is 0 Å². The Hall–Kier alpha value is -0.0800. The molecule has 0 aromatic heterocycles. The molecule has 2 saturated carbocycles. The van der Waals surface area contributed by atoms with Crippen LogP contribution in [0.1, 0.15) is 32.1 Å². The van der Waals surface area contributed by atoms with E-state index in [-0.39, 0.29) is 0 Å². The number of nitrogens with one attached hydrogen (secondary N) is 1. The Morgan fingerprint density at radius 3 is 2.54 bits per heavy atom. The summed E-state index contributed by atoms with van der Waals surface area (Å²) in [5.41, 5.74) is 0.745. The summed E-state index contributed by atoms with van der Waals surface area (Å²) < 4.78 is 0. The molecular weight excluding hydrogens is 160 g/mol. The third kappa shape index (κ3) is 1.50. The van der Waals surface area contributed by atoms with Crippen LogP contribution in [-0.4, -0.2) is 37.1 Å². The van der Waals surface area contributed by atoms with Crippen LogP contribution in [0.15, 0.2) is 0 Å². The van der Waals surface area contributed by atoms with Gasteiger partial charge in [-0.1, -0.05) is 0 Å². The van der Waals surface area contributed by atoms with Gasteiger partial charge < -0.3 is 10.2 Å². The molecule has 0 bridgehead atoms. The Morgan fingerprint density at radius 1 is 1.23 bits per heavy atom. The van der Waals surface area contributed by atoms with Crippen molar-refractivity contribution >= 4 is 0 Å². The summed E-state index contributed by atoms with van der Waals surface area (Å²) in [6.07, 6.45) is 7.22. The molecule has 2 aliphatic carbocycles. The normalized spacial score (nSPS) is 38.1. The summed E-state index contributed by atoms with van der Waals surface area (Å²) in [6, 6.07) is 1.80. The number of rotatable bonds is 2. The van der Waals surface area contributed by atoms with Crippen LogP contribution in [0.25, 0.3) is 0 Å². The van der Waals surface area contributed by atoms with E-state index in [1.807, 2.05) is 0 Å². The molecular formula is C11H20N2. The monoisotopic (exact) mass is 180 g/mol. The lowest BCUT2D eigenvalue weighted by Crippen LogP contribution is -2.35. The molecule has 1 spiro atoms. The molecule has 1 saturated heterocycles. The van der Waals surface area contributed by atoms with Gasteiger partial charge in [-0.25, -0.2) is 0 Å². The molecule has 1 N–H and O–H groups in total. The number of piperidine rings is 1. The first-order valence-corrected chi connectivity index (χ1v) is 5.73. The second kappa shape index (κ2) is 2.71. The fourth-order valence-corrected chi connectivity index (χ4v) is 2.73. The highest BCUT2D eigenvalue weighted by molar-refractivity contribution is 5.11. The van der Waals surface area contributed by atoms with Crippen LogP contribution in [0.2, 0.25) is 0 Å². The molecule has 0 aromatic rings. The van der Waals surface area contributed by atoms with Crippen LogP contribution in [0.3, 0.4) is 0 Å². The van der Waals surface area contributed by atoms with Crippen molar-refractivity contribution in [3.05, 3.63) is 0 Å². The number of hydrogen-bond donors (Lipinski definition) is 1. The highest BCUT2D eigenvalue weighted by Crippen LogP contribution is 2.54. The van der Waals surface area contributed by atoms with Crippen molar-refractivity contribution in [3.63, 3.8) is 0 Å². The summed E-state index contributed by atoms with van der Waals surface area (Å²) in [5.74, 6) is 0. The van der Waals surface area contributed by atoms with Gasteiger partial charge in [0.25, 0.3) is 0 Å². The smallest absolute Gasteiger partial charge is 0.0133 e. The first-order chi connectivity index (χ1) is 6.28. The summed E-state index contributed by atoms with van der Waals surface area (Å²) >= 11 is 0. The molecule has 0 aromatic carbocycles. The van der Waals surface area contributed by atoms with Crippen LogP contribution in [0.5, 0.6) is 0 Å². The van der Waals surface area contributed by atoms with Crippen molar-refractivity contribution in [2.24, 2.45) is 5.41 Å². The topological polar surface area (TPSA) is 15.3 Å². The van der Waals surface area contributed by atoms with Crippen LogP contribution < -0.4 is 5.32 Å². The van der Waals surface area contributed by atoms with Crippen molar-refractivity contribution in [3.8, 4) is 0 Å². The number of nitrogens with zero attached hydrogens (tertiary/aromatic N) is 1. The zero-order valence-corrected chi connectivity index (χ0v) is 8.55. The van der Waals surface area contributed by atoms with Crippen molar-refractivity contribution in [2.45, 2.75) is 44.2 Å². The summed E-state index contributed by atoms with van der Waals surface area (Å²) in [5, 5.41) is 3.78. The molecule has 3 rings (SSSR count). The van der Waals surface area contributed by atoms with Gasteiger partial charge in [-0.05, 0) is 57.7 Å². The minimum atomic E-state index is 0.745. The Balaban J connectivity index is 1.54. The predicted molar refractivity (Wildman–Crippen MR) is 53.7 cm³/mol. The lowest BCUT2D eigenvalue weighted by atomic mass is 9.93. The van der Waals surface area contributed by atoms with Crippen molar-refractivity contribution in [1.82, 2.24) is 10.2 Å². The van der Waals surface area contributed by atoms with Crippen molar-refractivity contribution in [1.29, 1.82) is 0 Å². The van der Waals surface area contributed by atoms with Gasteiger partial charge in [0.05, 0.1) is 0 Å². The predicted octanol–water partition coefficient (Wildman–Crippen LogP) is 1.22. The first-order valence-electron chi connectivity index (χ1n) is 5.73. The maximum atomic E-state index is 3.78. The Bertz CT molecular complexity index is 202. The molecule has 0 radical (unpaired) electrons. The molecule has 2 heteroatoms. The summed E-state index contributed by atoms with van der Waals surface area (Å²) in [6.45, 7) is 2.64. The van der Waals surface area contributed by atoms with Crippen LogP contribution in [0.4, 0.5) is 0 Å². The molecule has 13 heavy (non-hydrogen) atoms. The van der Waals surface area contributed by atoms with Crippen LogP contribution in [-0.2, 0) is 0 Å². The van der Waals surface area contributed by atoms with E-state index < -0.39 is 0 Å². The molecule has 74 valence electrons. The van der Waals surface area contributed by atoms with E-state index in [0.717, 1.165) is 17.5 Å². The number of hydrogen-bond acceptors (Lipinski definition) is 2. The second-order valence-electron chi connectivity index (χ2n) is 5.36. The molecule has 1 atom stereocenters. The molecule has 0 amide bonds. The maximum Gasteiger partial charge on any atom is 0.0133 e. The Labute approximate surface area is 80.7 Å². The van der Waals surface area contributed by atoms with Gasteiger partial charge >= 0.3 is 0 Å². The van der Waals surface area contributed by atoms with Gasteiger partial charge in [-0.15, -0.1) is 0 Å². The second-order valence-corrected chi connectivity index (χ2v) is 5.36. The lowest BCUT2D eigenvalue weighted by Gasteiger charge is -2.30. The van der Waals surface area contributed by atoms with Gasteiger partial charge in [0.2, 0.25) is 0 Å². The molecule has 3 aliphatic rings. The summed E-state index contributed by atoms with van der Waals surface area (Å²) in [7, 11) is 2.25. The number of likely N-dealkylation sites (tertiary alicyclic amines) is 1. The fraction of sp³-hybridized carbons (Fsp3) is 1.00. The first kappa shape index (κ1) is 8.25. The molecule has 1 unspecified atom stereocenters. The standard InChI is InChI=1S/C11H20N2/c1-13-6-4-11(5-7-13)8-10(11)12-9-2-3-9/h9-10,12H,2-8H2,1H3. The van der Waals surface area contributed by atoms with Crippen LogP contribution in [0, 0.1) is 5.41 Å². The van der Waals surface area contributed by atoms with Gasteiger partial charge in [0.15, 0.2) is 0 Å². The Morgan fingerprint density at radius 2 is 1.92 bits per heavy atom. The molecule has 2 nitrogen and oxygen atoms in total. The van der Waals surface area contributed by atoms with E-state index in [0.29, 0.717) is 0 Å². The minimum Gasteiger partial charge on any atom is -0.311 e. The van der Waals surface area contributed by atoms with E-state index in [1.54, 1.807) is 0 Å². The lowest BCUT2D eigenvalue weighted by molar-refractivity contribution is 0.196. The van der Waals surface area contributed by atoms with Crippen LogP contribution >= 0.6 is 0 Å². The van der Waals surface area contributed by atoms with Crippen molar-refractivity contribution in [2.75, 3.05) is 20.1 Å². The van der Waals surface area contributed by atoms with E-state index in [4.69, 9.17) is 0 Å². The van der Waals surface area contributed by atoms with E-state index in [1.165, 1.54) is 45.2 Å². The molecule has 1 heterocycles. The zero-order valence-electron chi connectivity index (χ0n) is 8.55. The fourth-order valence-electron chi connectivity index (χ4n) is 2.73. The molecule has 3 fully saturated rings. The van der Waals surface area contributed by atoms with E-state index >= 15 is 0 Å². The quantitative estimate of drug-likeness (QED) is 0.687. The van der Waals surface area contributed by atoms with Crippen molar-refractivity contribution < 1.29 is 0 Å². The highest BCUT2D eigenvalue weighted by atomic mass is 15.1. The third-order valence-corrected chi connectivity index (χ3v) is 4.19. The minimum absolute atomic E-state index is 0.745. The molecule has 1 aliphatic heterocycles. The van der Waals surface area contributed by atoms with Gasteiger partial charge in [0, 0.05) is 12.1 Å². The highest BCUT2D eigenvalue weighted by Gasteiger charge is 2.55. The summed E-state index contributed by atoms with van der Waals surface area (Å²) in [4.78, 5) is 2.47. The van der Waals surface area contributed by atoms with Gasteiger partial charge in [-0.2, -0.15) is 0 Å². The Kier molecular flexibility index (Phi) is 1.72. The zero-order chi connectivity index (χ0) is 8.89. The maximum absolute atomic E-state index is 3.78. The average Bonchev–Trinajstić information content (AvgIpc) is 3.00. The largest absolute Gasteiger partial charge is 0.311 e. The van der Waals surface area contributed by atoms with Gasteiger partial charge in [-0.3, -0.25) is 0 Å².